The Bertz CT molecular complexity index is 308. The minimum atomic E-state index is -2.49. The van der Waals surface area contributed by atoms with E-state index in [1.54, 1.807) is 4.90 Å². The maximum atomic E-state index is 11.9. The predicted molar refractivity (Wildman–Crippen MR) is 61.9 cm³/mol. The van der Waals surface area contributed by atoms with E-state index in [4.69, 9.17) is 14.2 Å². The molecule has 0 saturated carbocycles. The van der Waals surface area contributed by atoms with Crippen LogP contribution in [0.1, 0.15) is 19.3 Å². The molecule has 110 valence electrons. The van der Waals surface area contributed by atoms with Gasteiger partial charge in [0.1, 0.15) is 6.61 Å². The number of carbonyl (C=O) groups excluding carboxylic acids is 1. The number of nitrogens with zero attached hydrogens (tertiary/aromatic N) is 1. The highest BCUT2D eigenvalue weighted by molar-refractivity contribution is 5.76. The van der Waals surface area contributed by atoms with Crippen molar-refractivity contribution < 1.29 is 27.8 Å². The molecule has 2 aliphatic rings. The molecule has 0 atom stereocenters. The SMILES string of the molecule is O=C(CCOCC(F)F)N1CCCC2(C1)OCCO2. The third-order valence-corrected chi connectivity index (χ3v) is 3.29. The van der Waals surface area contributed by atoms with Crippen LogP contribution in [0, 0.1) is 0 Å². The molecule has 2 saturated heterocycles. The first-order valence-electron chi connectivity index (χ1n) is 6.53. The fraction of sp³-hybridized carbons (Fsp3) is 0.917. The summed E-state index contributed by atoms with van der Waals surface area (Å²) in [5, 5.41) is 0. The molecule has 0 unspecified atom stereocenters. The summed E-state index contributed by atoms with van der Waals surface area (Å²) in [6.07, 6.45) is -0.765. The Morgan fingerprint density at radius 2 is 2.11 bits per heavy atom. The normalized spacial score (nSPS) is 22.4. The first-order chi connectivity index (χ1) is 9.11. The molecule has 0 N–H and O–H groups in total. The van der Waals surface area contributed by atoms with Crippen molar-refractivity contribution in [3.8, 4) is 0 Å². The van der Waals surface area contributed by atoms with Crippen molar-refractivity contribution in [2.75, 3.05) is 39.5 Å². The molecule has 5 nitrogen and oxygen atoms in total. The topological polar surface area (TPSA) is 48.0 Å². The van der Waals surface area contributed by atoms with Crippen LogP contribution in [0.5, 0.6) is 0 Å². The Hall–Kier alpha value is -0.790. The molecule has 0 aromatic heterocycles. The number of halogens is 2. The van der Waals surface area contributed by atoms with Crippen LogP contribution in [-0.2, 0) is 19.0 Å². The van der Waals surface area contributed by atoms with Gasteiger partial charge in [0, 0.05) is 13.0 Å². The molecule has 1 amide bonds. The van der Waals surface area contributed by atoms with Gasteiger partial charge in [-0.2, -0.15) is 0 Å². The van der Waals surface area contributed by atoms with Gasteiger partial charge in [-0.3, -0.25) is 4.79 Å². The van der Waals surface area contributed by atoms with Gasteiger partial charge in [0.15, 0.2) is 5.79 Å². The molecule has 0 aromatic rings. The van der Waals surface area contributed by atoms with E-state index in [1.165, 1.54) is 0 Å². The van der Waals surface area contributed by atoms with Crippen molar-refractivity contribution >= 4 is 5.91 Å². The Kier molecular flexibility index (Phi) is 5.06. The Morgan fingerprint density at radius 1 is 1.37 bits per heavy atom. The summed E-state index contributed by atoms with van der Waals surface area (Å²) in [4.78, 5) is 13.6. The van der Waals surface area contributed by atoms with Crippen LogP contribution < -0.4 is 0 Å². The molecule has 19 heavy (non-hydrogen) atoms. The van der Waals surface area contributed by atoms with Crippen LogP contribution in [0.3, 0.4) is 0 Å². The number of carbonyl (C=O) groups is 1. The summed E-state index contributed by atoms with van der Waals surface area (Å²) in [5.74, 6) is -0.745. The minimum absolute atomic E-state index is 0.0222. The first kappa shape index (κ1) is 14.6. The molecule has 0 bridgehead atoms. The fourth-order valence-electron chi connectivity index (χ4n) is 2.42. The van der Waals surface area contributed by atoms with Crippen molar-refractivity contribution in [3.63, 3.8) is 0 Å². The average molecular weight is 279 g/mol. The second-order valence-electron chi connectivity index (χ2n) is 4.74. The van der Waals surface area contributed by atoms with E-state index in [0.29, 0.717) is 26.3 Å². The second-order valence-corrected chi connectivity index (χ2v) is 4.74. The van der Waals surface area contributed by atoms with Crippen LogP contribution in [0.4, 0.5) is 8.78 Å². The van der Waals surface area contributed by atoms with Crippen molar-refractivity contribution in [1.82, 2.24) is 4.90 Å². The lowest BCUT2D eigenvalue weighted by molar-refractivity contribution is -0.193. The molecule has 0 aliphatic carbocycles. The Morgan fingerprint density at radius 3 is 2.79 bits per heavy atom. The summed E-state index contributed by atoms with van der Waals surface area (Å²) >= 11 is 0. The zero-order valence-corrected chi connectivity index (χ0v) is 10.8. The molecule has 2 rings (SSSR count). The van der Waals surface area contributed by atoms with Crippen LogP contribution in [-0.4, -0.2) is 62.5 Å². The van der Waals surface area contributed by atoms with E-state index >= 15 is 0 Å². The van der Waals surface area contributed by atoms with Crippen LogP contribution in [0.25, 0.3) is 0 Å². The largest absolute Gasteiger partial charge is 0.375 e. The molecule has 0 aromatic carbocycles. The lowest BCUT2D eigenvalue weighted by atomic mass is 10.0. The highest BCUT2D eigenvalue weighted by Gasteiger charge is 2.41. The lowest BCUT2D eigenvalue weighted by Crippen LogP contribution is -2.51. The van der Waals surface area contributed by atoms with E-state index in [1.807, 2.05) is 0 Å². The third kappa shape index (κ3) is 4.09. The zero-order valence-electron chi connectivity index (χ0n) is 10.8. The average Bonchev–Trinajstić information content (AvgIpc) is 2.82. The quantitative estimate of drug-likeness (QED) is 0.705. The van der Waals surface area contributed by atoms with Gasteiger partial charge in [-0.25, -0.2) is 8.78 Å². The molecular formula is C12H19F2NO4. The smallest absolute Gasteiger partial charge is 0.261 e. The Labute approximate surface area is 110 Å². The monoisotopic (exact) mass is 279 g/mol. The molecular weight excluding hydrogens is 260 g/mol. The van der Waals surface area contributed by atoms with Gasteiger partial charge in [0.25, 0.3) is 6.43 Å². The van der Waals surface area contributed by atoms with E-state index < -0.39 is 18.8 Å². The number of likely N-dealkylation sites (tertiary alicyclic amines) is 1. The van der Waals surface area contributed by atoms with Gasteiger partial charge in [-0.05, 0) is 6.42 Å². The number of piperidine rings is 1. The first-order valence-corrected chi connectivity index (χ1v) is 6.53. The molecule has 2 fully saturated rings. The lowest BCUT2D eigenvalue weighted by Gasteiger charge is -2.38. The molecule has 0 radical (unpaired) electrons. The van der Waals surface area contributed by atoms with E-state index in [2.05, 4.69) is 0 Å². The van der Waals surface area contributed by atoms with Crippen molar-refractivity contribution in [3.05, 3.63) is 0 Å². The Balaban J connectivity index is 1.73. The van der Waals surface area contributed by atoms with Gasteiger partial charge >= 0.3 is 0 Å². The van der Waals surface area contributed by atoms with Crippen molar-refractivity contribution in [1.29, 1.82) is 0 Å². The maximum Gasteiger partial charge on any atom is 0.261 e. The third-order valence-electron chi connectivity index (χ3n) is 3.29. The predicted octanol–water partition coefficient (Wildman–Crippen LogP) is 1.02. The number of hydrogen-bond acceptors (Lipinski definition) is 4. The standard InChI is InChI=1S/C12H19F2NO4/c13-10(14)8-17-5-2-11(16)15-4-1-3-12(9-15)18-6-7-19-12/h10H,1-9H2. The van der Waals surface area contributed by atoms with E-state index in [0.717, 1.165) is 12.8 Å². The fourth-order valence-corrected chi connectivity index (χ4v) is 2.42. The molecule has 1 spiro atoms. The number of rotatable bonds is 5. The van der Waals surface area contributed by atoms with Crippen LogP contribution in [0.2, 0.25) is 0 Å². The summed E-state index contributed by atoms with van der Waals surface area (Å²) in [6, 6.07) is 0. The highest BCUT2D eigenvalue weighted by atomic mass is 19.3. The molecule has 2 aliphatic heterocycles. The van der Waals surface area contributed by atoms with Gasteiger partial charge in [-0.1, -0.05) is 0 Å². The second kappa shape index (κ2) is 6.58. The van der Waals surface area contributed by atoms with Gasteiger partial charge in [0.2, 0.25) is 5.91 Å². The van der Waals surface area contributed by atoms with Gasteiger partial charge in [-0.15, -0.1) is 0 Å². The van der Waals surface area contributed by atoms with Gasteiger partial charge in [0.05, 0.1) is 32.8 Å². The summed E-state index contributed by atoms with van der Waals surface area (Å²) < 4.78 is 39.6. The summed E-state index contributed by atoms with van der Waals surface area (Å²) in [6.45, 7) is 1.58. The van der Waals surface area contributed by atoms with Crippen LogP contribution >= 0.6 is 0 Å². The van der Waals surface area contributed by atoms with E-state index in [-0.39, 0.29) is 18.9 Å². The van der Waals surface area contributed by atoms with Gasteiger partial charge < -0.3 is 19.1 Å². The van der Waals surface area contributed by atoms with E-state index in [9.17, 15) is 13.6 Å². The zero-order chi connectivity index (χ0) is 13.7. The summed E-state index contributed by atoms with van der Waals surface area (Å²) in [5.41, 5.74) is 0. The van der Waals surface area contributed by atoms with Crippen molar-refractivity contribution in [2.45, 2.75) is 31.5 Å². The van der Waals surface area contributed by atoms with Crippen LogP contribution in [0.15, 0.2) is 0 Å². The number of hydrogen-bond donors (Lipinski definition) is 0. The van der Waals surface area contributed by atoms with Crippen molar-refractivity contribution in [2.24, 2.45) is 0 Å². The maximum absolute atomic E-state index is 11.9. The highest BCUT2D eigenvalue weighted by Crippen LogP contribution is 2.30. The minimum Gasteiger partial charge on any atom is -0.375 e. The number of alkyl halides is 2. The number of amides is 1. The number of ether oxygens (including phenoxy) is 3. The molecule has 7 heteroatoms. The molecule has 2 heterocycles. The summed E-state index contributed by atoms with van der Waals surface area (Å²) in [7, 11) is 0.